The predicted octanol–water partition coefficient (Wildman–Crippen LogP) is 2.52. The number of oxazole rings is 1. The second-order valence-electron chi connectivity index (χ2n) is 8.29. The van der Waals surface area contributed by atoms with Crippen LogP contribution in [0.5, 0.6) is 0 Å². The van der Waals surface area contributed by atoms with E-state index in [-0.39, 0.29) is 40.2 Å². The second-order valence-corrected chi connectivity index (χ2v) is 8.29. The Morgan fingerprint density at radius 3 is 2.75 bits per heavy atom. The quantitative estimate of drug-likeness (QED) is 0.368. The highest BCUT2D eigenvalue weighted by atomic mass is 19.1. The summed E-state index contributed by atoms with van der Waals surface area (Å²) in [4.78, 5) is 36.1. The molecule has 4 aromatic heterocycles. The van der Waals surface area contributed by atoms with Gasteiger partial charge in [0.15, 0.2) is 17.2 Å². The Morgan fingerprint density at radius 1 is 1.17 bits per heavy atom. The summed E-state index contributed by atoms with van der Waals surface area (Å²) in [5.41, 5.74) is -0.0828. The average molecular weight is 495 g/mol. The summed E-state index contributed by atoms with van der Waals surface area (Å²) >= 11 is 0. The summed E-state index contributed by atoms with van der Waals surface area (Å²) in [5.74, 6) is -2.30. The Hall–Kier alpha value is -4.52. The van der Waals surface area contributed by atoms with E-state index in [0.717, 1.165) is 10.7 Å². The van der Waals surface area contributed by atoms with Crippen LogP contribution in [0, 0.1) is 17.6 Å². The van der Waals surface area contributed by atoms with Crippen LogP contribution >= 0.6 is 0 Å². The number of hydrogen-bond donors (Lipinski definition) is 2. The molecule has 5 heterocycles. The maximum absolute atomic E-state index is 15.3. The van der Waals surface area contributed by atoms with Gasteiger partial charge in [-0.05, 0) is 18.2 Å². The number of carbonyl (C=O) groups excluding carboxylic acids is 1. The van der Waals surface area contributed by atoms with Gasteiger partial charge in [-0.15, -0.1) is 0 Å². The number of hydrogen-bond acceptors (Lipinski definition) is 7. The molecular formula is C23H16F3N7O3. The molecule has 2 N–H and O–H groups in total. The van der Waals surface area contributed by atoms with Crippen LogP contribution in [0.15, 0.2) is 39.7 Å². The van der Waals surface area contributed by atoms with Gasteiger partial charge in [-0.1, -0.05) is 6.07 Å². The van der Waals surface area contributed by atoms with Gasteiger partial charge in [0.25, 0.3) is 11.5 Å². The molecule has 1 aromatic carbocycles. The molecule has 0 spiro atoms. The Labute approximate surface area is 199 Å². The number of benzene rings is 1. The van der Waals surface area contributed by atoms with Crippen molar-refractivity contribution in [3.05, 3.63) is 81.1 Å². The number of nitrogens with one attached hydrogen (secondary N) is 2. The molecule has 10 nitrogen and oxygen atoms in total. The van der Waals surface area contributed by atoms with E-state index < -0.39 is 29.0 Å². The SMILES string of the molecule is CNC(=O)c1ccc(-c2nc3c(o2)CN(Cc2ccc4c([nH]c(=O)c5c(F)cnn54)c2F)C3)c(F)n1. The molecule has 0 radical (unpaired) electrons. The zero-order valence-corrected chi connectivity index (χ0v) is 18.6. The Morgan fingerprint density at radius 2 is 2.00 bits per heavy atom. The van der Waals surface area contributed by atoms with E-state index in [1.807, 2.05) is 4.90 Å². The molecule has 1 amide bonds. The minimum atomic E-state index is -0.883. The number of halogens is 3. The lowest BCUT2D eigenvalue weighted by Crippen LogP contribution is -2.19. The highest BCUT2D eigenvalue weighted by Gasteiger charge is 2.28. The molecule has 36 heavy (non-hydrogen) atoms. The normalized spacial score (nSPS) is 13.6. The van der Waals surface area contributed by atoms with E-state index in [2.05, 4.69) is 25.4 Å². The number of carbonyl (C=O) groups is 1. The average Bonchev–Trinajstić information content (AvgIpc) is 3.54. The van der Waals surface area contributed by atoms with Crippen LogP contribution in [0.1, 0.15) is 27.5 Å². The van der Waals surface area contributed by atoms with Gasteiger partial charge >= 0.3 is 0 Å². The van der Waals surface area contributed by atoms with Crippen molar-refractivity contribution < 1.29 is 22.4 Å². The fourth-order valence-corrected chi connectivity index (χ4v) is 4.33. The molecule has 0 saturated carbocycles. The van der Waals surface area contributed by atoms with E-state index in [4.69, 9.17) is 4.42 Å². The first-order valence-electron chi connectivity index (χ1n) is 10.8. The van der Waals surface area contributed by atoms with Crippen LogP contribution in [-0.2, 0) is 19.6 Å². The molecule has 0 aliphatic carbocycles. The second kappa shape index (κ2) is 8.02. The van der Waals surface area contributed by atoms with Gasteiger partial charge in [-0.25, -0.2) is 23.3 Å². The van der Waals surface area contributed by atoms with Crippen molar-refractivity contribution in [2.75, 3.05) is 7.05 Å². The first-order chi connectivity index (χ1) is 17.3. The van der Waals surface area contributed by atoms with Crippen LogP contribution in [0.3, 0.4) is 0 Å². The molecule has 0 fully saturated rings. The van der Waals surface area contributed by atoms with Crippen molar-refractivity contribution in [3.63, 3.8) is 0 Å². The lowest BCUT2D eigenvalue weighted by molar-refractivity contribution is 0.0957. The van der Waals surface area contributed by atoms with Gasteiger partial charge < -0.3 is 14.7 Å². The van der Waals surface area contributed by atoms with E-state index >= 15 is 4.39 Å². The smallest absolute Gasteiger partial charge is 0.277 e. The molecule has 0 unspecified atom stereocenters. The molecular weight excluding hydrogens is 479 g/mol. The molecule has 6 rings (SSSR count). The highest BCUT2D eigenvalue weighted by molar-refractivity contribution is 5.92. The first kappa shape index (κ1) is 22.0. The zero-order chi connectivity index (χ0) is 25.1. The lowest BCUT2D eigenvalue weighted by Gasteiger charge is -2.16. The predicted molar refractivity (Wildman–Crippen MR) is 119 cm³/mol. The number of fused-ring (bicyclic) bond motifs is 4. The topological polar surface area (TPSA) is 121 Å². The summed E-state index contributed by atoms with van der Waals surface area (Å²) in [7, 11) is 1.42. The molecule has 0 saturated heterocycles. The number of aromatic amines is 1. The monoisotopic (exact) mass is 495 g/mol. The number of pyridine rings is 1. The summed E-state index contributed by atoms with van der Waals surface area (Å²) in [6.45, 7) is 0.792. The molecule has 0 bridgehead atoms. The van der Waals surface area contributed by atoms with Crippen molar-refractivity contribution in [2.45, 2.75) is 19.6 Å². The van der Waals surface area contributed by atoms with Gasteiger partial charge in [0.05, 0.1) is 29.5 Å². The zero-order valence-electron chi connectivity index (χ0n) is 18.6. The van der Waals surface area contributed by atoms with Gasteiger partial charge in [0, 0.05) is 25.7 Å². The number of aromatic nitrogens is 5. The first-order valence-corrected chi connectivity index (χ1v) is 10.8. The summed E-state index contributed by atoms with van der Waals surface area (Å²) in [6.07, 6.45) is 0.903. The number of rotatable bonds is 4. The summed E-state index contributed by atoms with van der Waals surface area (Å²) < 4.78 is 50.4. The third-order valence-electron chi connectivity index (χ3n) is 6.06. The van der Waals surface area contributed by atoms with Crippen molar-refractivity contribution >= 4 is 22.5 Å². The van der Waals surface area contributed by atoms with E-state index in [1.165, 1.54) is 19.2 Å². The van der Waals surface area contributed by atoms with Crippen molar-refractivity contribution in [1.82, 2.24) is 34.8 Å². The molecule has 0 atom stereocenters. The summed E-state index contributed by atoms with van der Waals surface area (Å²) in [5, 5.41) is 6.20. The minimum absolute atomic E-state index is 0.0227. The molecule has 182 valence electrons. The number of nitrogens with zero attached hydrogens (tertiary/aromatic N) is 5. The number of H-pyrrole nitrogens is 1. The Kier molecular flexibility index (Phi) is 4.89. The largest absolute Gasteiger partial charge is 0.439 e. The summed E-state index contributed by atoms with van der Waals surface area (Å²) in [6, 6.07) is 5.85. The van der Waals surface area contributed by atoms with Crippen LogP contribution < -0.4 is 10.9 Å². The van der Waals surface area contributed by atoms with Crippen molar-refractivity contribution in [2.24, 2.45) is 0 Å². The van der Waals surface area contributed by atoms with E-state index in [9.17, 15) is 18.4 Å². The van der Waals surface area contributed by atoms with E-state index in [0.29, 0.717) is 30.1 Å². The van der Waals surface area contributed by atoms with Gasteiger partial charge in [0.1, 0.15) is 17.0 Å². The van der Waals surface area contributed by atoms with Crippen molar-refractivity contribution in [3.8, 4) is 11.5 Å². The molecule has 1 aliphatic heterocycles. The van der Waals surface area contributed by atoms with Gasteiger partial charge in [-0.2, -0.15) is 9.49 Å². The van der Waals surface area contributed by atoms with E-state index in [1.54, 1.807) is 12.1 Å². The fourth-order valence-electron chi connectivity index (χ4n) is 4.33. The Balaban J connectivity index is 1.24. The lowest BCUT2D eigenvalue weighted by atomic mass is 10.1. The third kappa shape index (κ3) is 3.35. The third-order valence-corrected chi connectivity index (χ3v) is 6.06. The van der Waals surface area contributed by atoms with Crippen LogP contribution in [0.4, 0.5) is 13.2 Å². The van der Waals surface area contributed by atoms with Gasteiger partial charge in [-0.3, -0.25) is 14.5 Å². The van der Waals surface area contributed by atoms with Crippen LogP contribution in [0.2, 0.25) is 0 Å². The highest BCUT2D eigenvalue weighted by Crippen LogP contribution is 2.31. The molecule has 5 aromatic rings. The van der Waals surface area contributed by atoms with Gasteiger partial charge in [0.2, 0.25) is 11.8 Å². The van der Waals surface area contributed by atoms with Crippen LogP contribution in [-0.4, -0.2) is 42.4 Å². The van der Waals surface area contributed by atoms with Crippen LogP contribution in [0.25, 0.3) is 28.0 Å². The molecule has 13 heteroatoms. The number of amides is 1. The minimum Gasteiger partial charge on any atom is -0.439 e. The standard InChI is InChI=1S/C23H16F3N7O3/c1-27-21(34)13-4-3-11(20(26)29-13)23-30-14-8-32(9-16(14)36-23)7-10-2-5-15-18(17(10)25)31-22(35)19-12(24)6-28-33(15)19/h2-6H,7-9H2,1H3,(H,27,34)(H,31,35). The fraction of sp³-hybridized carbons (Fsp3) is 0.174. The molecule has 1 aliphatic rings. The maximum Gasteiger partial charge on any atom is 0.277 e. The maximum atomic E-state index is 15.3. The Bertz CT molecular complexity index is 1730. The van der Waals surface area contributed by atoms with Crippen molar-refractivity contribution in [1.29, 1.82) is 0 Å².